The zero-order valence-electron chi connectivity index (χ0n) is 8.79. The van der Waals surface area contributed by atoms with Gasteiger partial charge in [-0.05, 0) is 18.5 Å². The molecule has 0 saturated carbocycles. The van der Waals surface area contributed by atoms with Crippen molar-refractivity contribution >= 4 is 23.4 Å². The molecule has 0 bridgehead atoms. The van der Waals surface area contributed by atoms with Crippen LogP contribution in [-0.2, 0) is 0 Å². The van der Waals surface area contributed by atoms with E-state index in [9.17, 15) is 13.6 Å². The summed E-state index contributed by atoms with van der Waals surface area (Å²) in [6, 6.07) is 1.83. The van der Waals surface area contributed by atoms with E-state index in [-0.39, 0.29) is 16.5 Å². The van der Waals surface area contributed by atoms with E-state index in [4.69, 9.17) is 10.0 Å². The average Bonchev–Trinajstić information content (AvgIpc) is 2.24. The summed E-state index contributed by atoms with van der Waals surface area (Å²) in [5, 5.41) is 17.1. The normalized spacial score (nSPS) is 10.9. The summed E-state index contributed by atoms with van der Waals surface area (Å²) in [7, 11) is -1.92. The van der Waals surface area contributed by atoms with Gasteiger partial charge in [0.25, 0.3) is 5.56 Å². The van der Waals surface area contributed by atoms with Gasteiger partial charge < -0.3 is 15.0 Å². The zero-order valence-corrected chi connectivity index (χ0v) is 8.79. The highest BCUT2D eigenvalue weighted by molar-refractivity contribution is 6.58. The van der Waals surface area contributed by atoms with Crippen molar-refractivity contribution in [3.8, 4) is 0 Å². The average molecular weight is 239 g/mol. The maximum Gasteiger partial charge on any atom is 0.488 e. The molecular weight excluding hydrogens is 231 g/mol. The van der Waals surface area contributed by atoms with Crippen LogP contribution in [0.1, 0.15) is 5.69 Å². The van der Waals surface area contributed by atoms with E-state index in [0.717, 1.165) is 12.1 Å². The van der Waals surface area contributed by atoms with Gasteiger partial charge in [0.1, 0.15) is 11.6 Å². The second-order valence-electron chi connectivity index (χ2n) is 3.69. The Morgan fingerprint density at radius 2 is 1.94 bits per heavy atom. The van der Waals surface area contributed by atoms with Gasteiger partial charge >= 0.3 is 7.12 Å². The molecule has 2 rings (SSSR count). The van der Waals surface area contributed by atoms with Crippen LogP contribution >= 0.6 is 0 Å². The van der Waals surface area contributed by atoms with Crippen LogP contribution < -0.4 is 11.0 Å². The summed E-state index contributed by atoms with van der Waals surface area (Å²) in [5.74, 6) is -1.79. The van der Waals surface area contributed by atoms with Crippen LogP contribution in [0.5, 0.6) is 0 Å². The van der Waals surface area contributed by atoms with Crippen molar-refractivity contribution in [3.05, 3.63) is 39.8 Å². The van der Waals surface area contributed by atoms with Gasteiger partial charge in [0.15, 0.2) is 0 Å². The number of pyridine rings is 1. The number of fused-ring (bicyclic) bond motifs is 1. The van der Waals surface area contributed by atoms with Crippen molar-refractivity contribution in [3.63, 3.8) is 0 Å². The Kier molecular flexibility index (Phi) is 2.72. The number of hydrogen-bond acceptors (Lipinski definition) is 3. The molecule has 0 spiro atoms. The second kappa shape index (κ2) is 3.94. The monoisotopic (exact) mass is 239 g/mol. The Bertz CT molecular complexity index is 654. The Labute approximate surface area is 94.7 Å². The van der Waals surface area contributed by atoms with E-state index in [1.54, 1.807) is 0 Å². The van der Waals surface area contributed by atoms with Crippen LogP contribution in [-0.4, -0.2) is 22.2 Å². The van der Waals surface area contributed by atoms with Gasteiger partial charge in [0.2, 0.25) is 0 Å². The van der Waals surface area contributed by atoms with Gasteiger partial charge in [-0.2, -0.15) is 0 Å². The molecule has 0 unspecified atom stereocenters. The minimum Gasteiger partial charge on any atom is -0.423 e. The van der Waals surface area contributed by atoms with Crippen LogP contribution in [0.4, 0.5) is 8.78 Å². The molecule has 0 saturated heterocycles. The van der Waals surface area contributed by atoms with Crippen molar-refractivity contribution in [2.75, 3.05) is 0 Å². The van der Waals surface area contributed by atoms with Crippen LogP contribution in [0.15, 0.2) is 16.9 Å². The molecule has 17 heavy (non-hydrogen) atoms. The van der Waals surface area contributed by atoms with E-state index >= 15 is 0 Å². The zero-order chi connectivity index (χ0) is 12.7. The number of benzene rings is 1. The van der Waals surface area contributed by atoms with Gasteiger partial charge in [0.05, 0.1) is 11.1 Å². The van der Waals surface area contributed by atoms with E-state index in [1.807, 2.05) is 0 Å². The minimum absolute atomic E-state index is 0.0357. The quantitative estimate of drug-likeness (QED) is 0.603. The minimum atomic E-state index is -1.92. The highest BCUT2D eigenvalue weighted by Gasteiger charge is 2.18. The molecule has 0 fully saturated rings. The first-order chi connectivity index (χ1) is 7.91. The maximum absolute atomic E-state index is 13.7. The predicted octanol–water partition coefficient (Wildman–Crippen LogP) is -0.205. The molecule has 0 radical (unpaired) electrons. The van der Waals surface area contributed by atoms with Gasteiger partial charge in [-0.15, -0.1) is 0 Å². The molecule has 0 amide bonds. The van der Waals surface area contributed by atoms with Crippen LogP contribution in [0.3, 0.4) is 0 Å². The number of H-pyrrole nitrogens is 1. The smallest absolute Gasteiger partial charge is 0.423 e. The van der Waals surface area contributed by atoms with Gasteiger partial charge in [0, 0.05) is 5.39 Å². The molecule has 3 N–H and O–H groups in total. The molecule has 1 aromatic carbocycles. The number of halogens is 2. The molecule has 0 atom stereocenters. The number of rotatable bonds is 1. The summed E-state index contributed by atoms with van der Waals surface area (Å²) >= 11 is 0. The molecule has 4 nitrogen and oxygen atoms in total. The number of aromatic nitrogens is 1. The largest absolute Gasteiger partial charge is 0.488 e. The second-order valence-corrected chi connectivity index (χ2v) is 3.69. The summed E-state index contributed by atoms with van der Waals surface area (Å²) in [4.78, 5) is 13.6. The van der Waals surface area contributed by atoms with Gasteiger partial charge in [-0.1, -0.05) is 6.07 Å². The number of nitrogens with one attached hydrogen (secondary N) is 1. The molecule has 2 aromatic rings. The first-order valence-electron chi connectivity index (χ1n) is 4.79. The molecule has 0 aliphatic heterocycles. The number of aryl methyl sites for hydroxylation is 1. The summed E-state index contributed by atoms with van der Waals surface area (Å²) in [5.41, 5.74) is -0.999. The van der Waals surface area contributed by atoms with Crippen molar-refractivity contribution in [1.82, 2.24) is 4.98 Å². The fourth-order valence-electron chi connectivity index (χ4n) is 1.67. The Balaban J connectivity index is 2.96. The third kappa shape index (κ3) is 1.83. The lowest BCUT2D eigenvalue weighted by atomic mass is 9.79. The Hall–Kier alpha value is -1.73. The van der Waals surface area contributed by atoms with Crippen LogP contribution in [0, 0.1) is 18.6 Å². The summed E-state index contributed by atoms with van der Waals surface area (Å²) in [6.45, 7) is 1.33. The molecular formula is C10H8BF2NO3. The van der Waals surface area contributed by atoms with Gasteiger partial charge in [-0.25, -0.2) is 8.78 Å². The fraction of sp³-hybridized carbons (Fsp3) is 0.100. The highest BCUT2D eigenvalue weighted by atomic mass is 19.1. The predicted molar refractivity (Wildman–Crippen MR) is 59.0 cm³/mol. The van der Waals surface area contributed by atoms with E-state index in [2.05, 4.69) is 4.98 Å². The Morgan fingerprint density at radius 1 is 1.29 bits per heavy atom. The lowest BCUT2D eigenvalue weighted by Gasteiger charge is -2.06. The number of aromatic amines is 1. The first kappa shape index (κ1) is 11.8. The Morgan fingerprint density at radius 3 is 2.53 bits per heavy atom. The topological polar surface area (TPSA) is 73.3 Å². The third-order valence-electron chi connectivity index (χ3n) is 2.50. The fourth-order valence-corrected chi connectivity index (χ4v) is 1.67. The van der Waals surface area contributed by atoms with Gasteiger partial charge in [-0.3, -0.25) is 4.79 Å². The molecule has 1 aromatic heterocycles. The van der Waals surface area contributed by atoms with E-state index in [1.165, 1.54) is 6.92 Å². The first-order valence-corrected chi connectivity index (χ1v) is 4.79. The lowest BCUT2D eigenvalue weighted by molar-refractivity contribution is 0.425. The summed E-state index contributed by atoms with van der Waals surface area (Å²) < 4.78 is 27.3. The maximum atomic E-state index is 13.7. The third-order valence-corrected chi connectivity index (χ3v) is 2.50. The molecule has 7 heteroatoms. The van der Waals surface area contributed by atoms with Crippen molar-refractivity contribution in [2.45, 2.75) is 6.92 Å². The summed E-state index contributed by atoms with van der Waals surface area (Å²) in [6.07, 6.45) is 0. The number of hydrogen-bond donors (Lipinski definition) is 3. The van der Waals surface area contributed by atoms with E-state index in [0.29, 0.717) is 0 Å². The van der Waals surface area contributed by atoms with E-state index < -0.39 is 29.7 Å². The SMILES string of the molecule is Cc1[nH]c(=O)c2c(F)cc(B(O)O)cc2c1F. The lowest BCUT2D eigenvalue weighted by Crippen LogP contribution is -2.31. The standard InChI is InChI=1S/C10H8BF2NO3/c1-4-9(13)6-2-5(11(16)17)3-7(12)8(6)10(15)14-4/h2-3,16-17H,1H3,(H,14,15). The van der Waals surface area contributed by atoms with Crippen molar-refractivity contribution in [1.29, 1.82) is 0 Å². The molecule has 0 aliphatic rings. The van der Waals surface area contributed by atoms with Crippen LogP contribution in [0.2, 0.25) is 0 Å². The van der Waals surface area contributed by atoms with Crippen LogP contribution in [0.25, 0.3) is 10.8 Å². The van der Waals surface area contributed by atoms with Crippen molar-refractivity contribution < 1.29 is 18.8 Å². The molecule has 88 valence electrons. The highest BCUT2D eigenvalue weighted by Crippen LogP contribution is 2.17. The molecule has 0 aliphatic carbocycles. The van der Waals surface area contributed by atoms with Crippen molar-refractivity contribution in [2.24, 2.45) is 0 Å². The molecule has 1 heterocycles.